The van der Waals surface area contributed by atoms with Crippen molar-refractivity contribution in [3.8, 4) is 0 Å². The number of hydrogen-bond acceptors (Lipinski definition) is 3. The highest BCUT2D eigenvalue weighted by Crippen LogP contribution is 2.05. The monoisotopic (exact) mass is 227 g/mol. The second-order valence-electron chi connectivity index (χ2n) is 2.45. The van der Waals surface area contributed by atoms with Crippen LogP contribution in [0.3, 0.4) is 0 Å². The van der Waals surface area contributed by atoms with Crippen molar-refractivity contribution < 1.29 is 0 Å². The molecular formula is C8H10BrN3. The maximum Gasteiger partial charge on any atom is 0.124 e. The van der Waals surface area contributed by atoms with Crippen LogP contribution in [0.2, 0.25) is 0 Å². The minimum atomic E-state index is 0.553. The van der Waals surface area contributed by atoms with Crippen LogP contribution in [-0.2, 0) is 0 Å². The van der Waals surface area contributed by atoms with E-state index in [1.165, 1.54) is 0 Å². The van der Waals surface area contributed by atoms with E-state index in [9.17, 15) is 0 Å². The fourth-order valence-corrected chi connectivity index (χ4v) is 1.05. The maximum atomic E-state index is 7.58. The summed E-state index contributed by atoms with van der Waals surface area (Å²) in [5, 5.41) is 7.58. The first-order valence-electron chi connectivity index (χ1n) is 3.79. The first-order valence-corrected chi connectivity index (χ1v) is 4.58. The smallest absolute Gasteiger partial charge is 0.124 e. The highest BCUT2D eigenvalue weighted by molar-refractivity contribution is 9.10. The van der Waals surface area contributed by atoms with Gasteiger partial charge in [-0.2, -0.15) is 0 Å². The first-order chi connectivity index (χ1) is 5.74. The Bertz CT molecular complexity index is 268. The second-order valence-corrected chi connectivity index (χ2v) is 3.27. The molecule has 0 aromatic carbocycles. The Balaban J connectivity index is 2.75. The molecule has 0 amide bonds. The van der Waals surface area contributed by atoms with Gasteiger partial charge in [0.1, 0.15) is 10.3 Å². The van der Waals surface area contributed by atoms with E-state index in [0.717, 1.165) is 12.8 Å². The molecule has 0 saturated heterocycles. The molecule has 0 atom stereocenters. The Kier molecular flexibility index (Phi) is 3.34. The molecule has 1 aromatic heterocycles. The Morgan fingerprint density at radius 2 is 2.25 bits per heavy atom. The molecule has 1 rings (SSSR count). The zero-order valence-corrected chi connectivity index (χ0v) is 8.43. The molecule has 0 saturated carbocycles. The van der Waals surface area contributed by atoms with Gasteiger partial charge in [-0.3, -0.25) is 4.98 Å². The minimum absolute atomic E-state index is 0.553. The highest BCUT2D eigenvalue weighted by atomic mass is 79.9. The average Bonchev–Trinajstić information content (AvgIpc) is 2.06. The van der Waals surface area contributed by atoms with E-state index in [4.69, 9.17) is 5.41 Å². The summed E-state index contributed by atoms with van der Waals surface area (Å²) >= 11 is 3.19. The molecule has 12 heavy (non-hydrogen) atoms. The predicted molar refractivity (Wildman–Crippen MR) is 51.5 cm³/mol. The van der Waals surface area contributed by atoms with E-state index in [-0.39, 0.29) is 0 Å². The third-order valence-electron chi connectivity index (χ3n) is 1.43. The van der Waals surface area contributed by atoms with Crippen molar-refractivity contribution in [2.75, 3.05) is 0 Å². The van der Waals surface area contributed by atoms with E-state index in [0.29, 0.717) is 16.0 Å². The van der Waals surface area contributed by atoms with Crippen LogP contribution in [0.4, 0.5) is 0 Å². The van der Waals surface area contributed by atoms with Crippen molar-refractivity contribution in [3.63, 3.8) is 0 Å². The number of rotatable bonds is 3. The third-order valence-corrected chi connectivity index (χ3v) is 1.84. The minimum Gasteiger partial charge on any atom is -0.303 e. The Morgan fingerprint density at radius 1 is 1.50 bits per heavy atom. The Labute approximate surface area is 79.9 Å². The van der Waals surface area contributed by atoms with Crippen LogP contribution in [0.25, 0.3) is 0 Å². The zero-order chi connectivity index (χ0) is 8.97. The fraction of sp³-hybridized carbons (Fsp3) is 0.375. The lowest BCUT2D eigenvalue weighted by Crippen LogP contribution is -2.01. The lowest BCUT2D eigenvalue weighted by Gasteiger charge is -1.99. The number of nitrogens with zero attached hydrogens (tertiary/aromatic N) is 2. The molecule has 1 N–H and O–H groups in total. The van der Waals surface area contributed by atoms with Gasteiger partial charge >= 0.3 is 0 Å². The van der Waals surface area contributed by atoms with Gasteiger partial charge in [-0.15, -0.1) is 0 Å². The van der Waals surface area contributed by atoms with Gasteiger partial charge in [0.15, 0.2) is 0 Å². The predicted octanol–water partition coefficient (Wildman–Crippen LogP) is 2.41. The molecule has 0 spiro atoms. The van der Waals surface area contributed by atoms with Gasteiger partial charge in [0, 0.05) is 0 Å². The normalized spacial score (nSPS) is 9.83. The number of aromatic nitrogens is 2. The number of nitrogens with one attached hydrogen (secondary N) is 1. The number of hydrogen-bond donors (Lipinski definition) is 1. The molecule has 0 aliphatic heterocycles. The van der Waals surface area contributed by atoms with Gasteiger partial charge in [-0.05, 0) is 22.4 Å². The van der Waals surface area contributed by atoms with Crippen molar-refractivity contribution in [2.45, 2.75) is 19.8 Å². The quantitative estimate of drug-likeness (QED) is 0.807. The summed E-state index contributed by atoms with van der Waals surface area (Å²) in [6, 6.07) is 0. The van der Waals surface area contributed by atoms with E-state index >= 15 is 0 Å². The fourth-order valence-electron chi connectivity index (χ4n) is 0.846. The molecular weight excluding hydrogens is 218 g/mol. The lowest BCUT2D eigenvalue weighted by molar-refractivity contribution is 0.975. The molecule has 4 heteroatoms. The van der Waals surface area contributed by atoms with Gasteiger partial charge < -0.3 is 5.41 Å². The third kappa shape index (κ3) is 2.37. The van der Waals surface area contributed by atoms with Crippen molar-refractivity contribution in [1.82, 2.24) is 9.97 Å². The van der Waals surface area contributed by atoms with Crippen molar-refractivity contribution >= 4 is 21.6 Å². The van der Waals surface area contributed by atoms with E-state index in [1.54, 1.807) is 12.4 Å². The summed E-state index contributed by atoms with van der Waals surface area (Å²) in [5.74, 6) is 0. The Hall–Kier alpha value is -0.770. The molecule has 0 aliphatic rings. The molecule has 0 bridgehead atoms. The molecule has 3 nitrogen and oxygen atoms in total. The Morgan fingerprint density at radius 3 is 2.75 bits per heavy atom. The highest BCUT2D eigenvalue weighted by Gasteiger charge is 2.01. The topological polar surface area (TPSA) is 49.6 Å². The van der Waals surface area contributed by atoms with Crippen LogP contribution >= 0.6 is 15.9 Å². The van der Waals surface area contributed by atoms with Crippen molar-refractivity contribution in [3.05, 3.63) is 22.7 Å². The van der Waals surface area contributed by atoms with Crippen LogP contribution in [-0.4, -0.2) is 15.7 Å². The van der Waals surface area contributed by atoms with Crippen molar-refractivity contribution in [2.24, 2.45) is 0 Å². The summed E-state index contributed by atoms with van der Waals surface area (Å²) < 4.78 is 0.704. The van der Waals surface area contributed by atoms with Crippen LogP contribution in [0.1, 0.15) is 25.5 Å². The van der Waals surface area contributed by atoms with Gasteiger partial charge in [0.05, 0.1) is 18.1 Å². The first kappa shape index (κ1) is 9.32. The maximum absolute atomic E-state index is 7.58. The molecule has 0 unspecified atom stereocenters. The number of halogens is 1. The molecule has 0 fully saturated rings. The van der Waals surface area contributed by atoms with Crippen LogP contribution < -0.4 is 0 Å². The molecule has 0 radical (unpaired) electrons. The SMILES string of the molecule is CCCC(=N)c1cnc(Br)cn1. The molecule has 64 valence electrons. The van der Waals surface area contributed by atoms with E-state index in [1.807, 2.05) is 6.92 Å². The van der Waals surface area contributed by atoms with Gasteiger partial charge in [-0.25, -0.2) is 4.98 Å². The second kappa shape index (κ2) is 4.30. The average molecular weight is 228 g/mol. The molecule has 1 heterocycles. The van der Waals surface area contributed by atoms with Crippen molar-refractivity contribution in [1.29, 1.82) is 5.41 Å². The zero-order valence-electron chi connectivity index (χ0n) is 6.84. The molecule has 1 aromatic rings. The summed E-state index contributed by atoms with van der Waals surface area (Å²) in [6.45, 7) is 2.04. The van der Waals surface area contributed by atoms with Gasteiger partial charge in [0.2, 0.25) is 0 Å². The summed E-state index contributed by atoms with van der Waals surface area (Å²) in [6.07, 6.45) is 4.95. The summed E-state index contributed by atoms with van der Waals surface area (Å²) in [7, 11) is 0. The van der Waals surface area contributed by atoms with Gasteiger partial charge in [-0.1, -0.05) is 13.3 Å². The van der Waals surface area contributed by atoms with Gasteiger partial charge in [0.25, 0.3) is 0 Å². The summed E-state index contributed by atoms with van der Waals surface area (Å²) in [5.41, 5.74) is 1.22. The van der Waals surface area contributed by atoms with Crippen LogP contribution in [0.15, 0.2) is 17.0 Å². The lowest BCUT2D eigenvalue weighted by atomic mass is 10.2. The van der Waals surface area contributed by atoms with Crippen LogP contribution in [0, 0.1) is 5.41 Å². The standard InChI is InChI=1S/C8H10BrN3/c1-2-3-6(10)7-4-12-8(9)5-11-7/h4-5,10H,2-3H2,1H3. The van der Waals surface area contributed by atoms with Crippen LogP contribution in [0.5, 0.6) is 0 Å². The molecule has 0 aliphatic carbocycles. The van der Waals surface area contributed by atoms with E-state index < -0.39 is 0 Å². The largest absolute Gasteiger partial charge is 0.303 e. The van der Waals surface area contributed by atoms with E-state index in [2.05, 4.69) is 25.9 Å². The summed E-state index contributed by atoms with van der Waals surface area (Å²) in [4.78, 5) is 8.06.